The summed E-state index contributed by atoms with van der Waals surface area (Å²) in [5.74, 6) is 0. The van der Waals surface area contributed by atoms with Gasteiger partial charge in [0.05, 0.1) is 26.4 Å². The average Bonchev–Trinajstić information content (AvgIpc) is 2.88. The third-order valence-electron chi connectivity index (χ3n) is 6.23. The van der Waals surface area contributed by atoms with E-state index in [2.05, 4.69) is 0 Å². The molecule has 2 saturated heterocycles. The van der Waals surface area contributed by atoms with Crippen molar-refractivity contribution in [2.24, 2.45) is 0 Å². The highest BCUT2D eigenvalue weighted by Gasteiger charge is 2.48. The fourth-order valence-corrected chi connectivity index (χ4v) is 4.07. The van der Waals surface area contributed by atoms with Crippen LogP contribution < -0.4 is 0 Å². The molecule has 0 aromatic heterocycles. The fourth-order valence-electron chi connectivity index (χ4n) is 4.07. The zero-order chi connectivity index (χ0) is 27.2. The van der Waals surface area contributed by atoms with Crippen molar-refractivity contribution in [2.75, 3.05) is 40.6 Å². The van der Waals surface area contributed by atoms with Crippen LogP contribution in [0.15, 0.2) is 0 Å². The van der Waals surface area contributed by atoms with E-state index in [4.69, 9.17) is 28.4 Å². The van der Waals surface area contributed by atoms with Gasteiger partial charge < -0.3 is 79.5 Å². The third kappa shape index (κ3) is 7.06. The Hall–Kier alpha value is -0.640. The molecule has 0 unspecified atom stereocenters. The lowest BCUT2D eigenvalue weighted by molar-refractivity contribution is -0.338. The van der Waals surface area contributed by atoms with Crippen LogP contribution in [-0.2, 0) is 28.4 Å². The molecule has 214 valence electrons. The van der Waals surface area contributed by atoms with Gasteiger partial charge in [-0.1, -0.05) is 0 Å². The third-order valence-corrected chi connectivity index (χ3v) is 6.23. The van der Waals surface area contributed by atoms with E-state index in [0.717, 1.165) is 0 Å². The van der Waals surface area contributed by atoms with Crippen LogP contribution in [0.4, 0.5) is 0 Å². The Morgan fingerprint density at radius 2 is 1.14 bits per heavy atom. The first-order chi connectivity index (χ1) is 17.1. The lowest BCUT2D eigenvalue weighted by Gasteiger charge is -2.43. The van der Waals surface area contributed by atoms with Gasteiger partial charge in [0.15, 0.2) is 12.6 Å². The lowest BCUT2D eigenvalue weighted by Crippen LogP contribution is -2.62. The molecule has 0 aromatic rings. The Labute approximate surface area is 206 Å². The maximum absolute atomic E-state index is 10.4. The van der Waals surface area contributed by atoms with E-state index in [0.29, 0.717) is 0 Å². The van der Waals surface area contributed by atoms with Crippen molar-refractivity contribution >= 4 is 0 Å². The summed E-state index contributed by atoms with van der Waals surface area (Å²) >= 11 is 0. The molecule has 36 heavy (non-hydrogen) atoms. The van der Waals surface area contributed by atoms with Crippen LogP contribution in [0, 0.1) is 0 Å². The number of ether oxygens (including phenoxy) is 6. The summed E-state index contributed by atoms with van der Waals surface area (Å²) < 4.78 is 32.5. The summed E-state index contributed by atoms with van der Waals surface area (Å²) in [7, 11) is 2.41. The van der Waals surface area contributed by atoms with Crippen LogP contribution in [0.5, 0.6) is 0 Å². The van der Waals surface area contributed by atoms with E-state index < -0.39 is 112 Å². The molecule has 2 heterocycles. The second-order valence-corrected chi connectivity index (χ2v) is 8.55. The molecule has 2 fully saturated rings. The smallest absolute Gasteiger partial charge is 0.187 e. The second kappa shape index (κ2) is 14.5. The van der Waals surface area contributed by atoms with E-state index in [-0.39, 0.29) is 0 Å². The van der Waals surface area contributed by atoms with E-state index in [1.54, 1.807) is 0 Å². The quantitative estimate of drug-likeness (QED) is 0.105. The van der Waals surface area contributed by atoms with Crippen molar-refractivity contribution in [1.29, 1.82) is 0 Å². The van der Waals surface area contributed by atoms with Crippen molar-refractivity contribution in [1.82, 2.24) is 0 Å². The summed E-state index contributed by atoms with van der Waals surface area (Å²) in [6.45, 7) is -2.74. The maximum Gasteiger partial charge on any atom is 0.187 e. The zero-order valence-electron chi connectivity index (χ0n) is 19.8. The van der Waals surface area contributed by atoms with Crippen molar-refractivity contribution in [2.45, 2.75) is 85.8 Å². The normalized spacial score (nSPS) is 41.0. The molecule has 0 aliphatic carbocycles. The van der Waals surface area contributed by atoms with Gasteiger partial charge in [0.25, 0.3) is 0 Å². The molecule has 0 radical (unpaired) electrons. The van der Waals surface area contributed by atoms with Gasteiger partial charge in [-0.15, -0.1) is 0 Å². The Morgan fingerprint density at radius 1 is 0.667 bits per heavy atom. The van der Waals surface area contributed by atoms with Crippen LogP contribution in [0.3, 0.4) is 0 Å². The van der Waals surface area contributed by atoms with E-state index >= 15 is 0 Å². The van der Waals surface area contributed by atoms with Crippen LogP contribution >= 0.6 is 0 Å². The minimum atomic E-state index is -1.81. The highest BCUT2D eigenvalue weighted by atomic mass is 16.7. The first-order valence-corrected chi connectivity index (χ1v) is 11.3. The standard InChI is InChI=1S/C20H38O16/c1-31-17(7(24)3-21)18(32-2)10(36-20-16(30)14(28)12(26)9(5-23)35-20)6-33-19-15(29)13(27)11(25)8(4-22)34-19/h7-30H,3-6H2,1-2H3/t7-,8-,9-,10-,11-,12-,13+,14+,15-,16-,17-,18-,19-,20+/m1/s1. The minimum Gasteiger partial charge on any atom is -0.394 e. The topological polar surface area (TPSA) is 258 Å². The number of aliphatic hydroxyl groups is 10. The highest BCUT2D eigenvalue weighted by molar-refractivity contribution is 4.92. The summed E-state index contributed by atoms with van der Waals surface area (Å²) in [6.07, 6.45) is -21.5. The highest BCUT2D eigenvalue weighted by Crippen LogP contribution is 2.27. The number of hydrogen-bond donors (Lipinski definition) is 10. The Balaban J connectivity index is 2.28. The summed E-state index contributed by atoms with van der Waals surface area (Å²) in [5.41, 5.74) is 0. The SMILES string of the molecule is CO[C@@H]([C@H](OC)[C@@H](CO[C@@H]1O[C@H](CO)[C@@H](O)[C@H](O)[C@H]1O)O[C@@H]1O[C@H](CO)[C@@H](O)[C@H](O)[C@H]1O)[C@H](O)CO. The zero-order valence-corrected chi connectivity index (χ0v) is 19.8. The maximum atomic E-state index is 10.4. The summed E-state index contributed by atoms with van der Waals surface area (Å²) in [4.78, 5) is 0. The predicted octanol–water partition coefficient (Wildman–Crippen LogP) is -6.63. The molecule has 16 nitrogen and oxygen atoms in total. The molecule has 0 aromatic carbocycles. The van der Waals surface area contributed by atoms with E-state index in [1.807, 2.05) is 0 Å². The van der Waals surface area contributed by atoms with Crippen LogP contribution in [-0.4, -0.2) is 178 Å². The average molecular weight is 535 g/mol. The molecule has 2 rings (SSSR count). The first-order valence-electron chi connectivity index (χ1n) is 11.3. The second-order valence-electron chi connectivity index (χ2n) is 8.55. The fraction of sp³-hybridized carbons (Fsp3) is 1.00. The molecule has 0 bridgehead atoms. The number of aliphatic hydroxyl groups excluding tert-OH is 10. The molecule has 16 heteroatoms. The predicted molar refractivity (Wildman–Crippen MR) is 113 cm³/mol. The molecular formula is C20H38O16. The number of hydrogen-bond acceptors (Lipinski definition) is 16. The Morgan fingerprint density at radius 3 is 1.58 bits per heavy atom. The van der Waals surface area contributed by atoms with Gasteiger partial charge >= 0.3 is 0 Å². The number of rotatable bonds is 13. The van der Waals surface area contributed by atoms with Gasteiger partial charge in [-0.05, 0) is 0 Å². The van der Waals surface area contributed by atoms with Crippen molar-refractivity contribution < 1.29 is 79.5 Å². The molecular weight excluding hydrogens is 496 g/mol. The molecule has 10 N–H and O–H groups in total. The molecule has 2 aliphatic rings. The van der Waals surface area contributed by atoms with Crippen molar-refractivity contribution in [3.8, 4) is 0 Å². The van der Waals surface area contributed by atoms with Crippen LogP contribution in [0.25, 0.3) is 0 Å². The molecule has 2 aliphatic heterocycles. The van der Waals surface area contributed by atoms with Crippen LogP contribution in [0.1, 0.15) is 0 Å². The van der Waals surface area contributed by atoms with Gasteiger partial charge in [0.1, 0.15) is 73.2 Å². The summed E-state index contributed by atoms with van der Waals surface area (Å²) in [6, 6.07) is 0. The first kappa shape index (κ1) is 31.6. The lowest BCUT2D eigenvalue weighted by atomic mass is 9.98. The Bertz CT molecular complexity index is 625. The molecule has 14 atom stereocenters. The van der Waals surface area contributed by atoms with Crippen molar-refractivity contribution in [3.05, 3.63) is 0 Å². The molecule has 0 saturated carbocycles. The number of methoxy groups -OCH3 is 2. The van der Waals surface area contributed by atoms with Gasteiger partial charge in [-0.2, -0.15) is 0 Å². The van der Waals surface area contributed by atoms with Gasteiger partial charge in [0.2, 0.25) is 0 Å². The van der Waals surface area contributed by atoms with Crippen LogP contribution in [0.2, 0.25) is 0 Å². The summed E-state index contributed by atoms with van der Waals surface area (Å²) in [5, 5.41) is 99.0. The van der Waals surface area contributed by atoms with Gasteiger partial charge in [-0.25, -0.2) is 0 Å². The minimum absolute atomic E-state index is 0.575. The van der Waals surface area contributed by atoms with Gasteiger partial charge in [0, 0.05) is 14.2 Å². The van der Waals surface area contributed by atoms with Gasteiger partial charge in [-0.3, -0.25) is 0 Å². The molecule has 0 spiro atoms. The molecule has 0 amide bonds. The Kier molecular flexibility index (Phi) is 12.7. The monoisotopic (exact) mass is 534 g/mol. The van der Waals surface area contributed by atoms with E-state index in [9.17, 15) is 51.1 Å². The van der Waals surface area contributed by atoms with E-state index in [1.165, 1.54) is 14.2 Å². The largest absolute Gasteiger partial charge is 0.394 e. The van der Waals surface area contributed by atoms with Crippen molar-refractivity contribution in [3.63, 3.8) is 0 Å².